The first kappa shape index (κ1) is 21.0. The van der Waals surface area contributed by atoms with Crippen molar-refractivity contribution in [3.63, 3.8) is 0 Å². The van der Waals surface area contributed by atoms with Crippen LogP contribution in [0.25, 0.3) is 0 Å². The highest BCUT2D eigenvalue weighted by Gasteiger charge is 2.33. The second kappa shape index (κ2) is 9.29. The lowest BCUT2D eigenvalue weighted by atomic mass is 9.96. The second-order valence-electron chi connectivity index (χ2n) is 7.78. The number of pyridine rings is 1. The summed E-state index contributed by atoms with van der Waals surface area (Å²) in [6.45, 7) is 0.564. The van der Waals surface area contributed by atoms with Gasteiger partial charge in [-0.2, -0.15) is 4.31 Å². The Morgan fingerprint density at radius 1 is 0.933 bits per heavy atom. The fraction of sp³-hybridized carbons (Fsp3) is 0.292. The minimum absolute atomic E-state index is 0.0244. The minimum Gasteiger partial charge on any atom is -0.264 e. The topological polar surface area (TPSA) is 50.3 Å². The van der Waals surface area contributed by atoms with Crippen LogP contribution in [0.5, 0.6) is 0 Å². The van der Waals surface area contributed by atoms with E-state index in [9.17, 15) is 8.42 Å². The third-order valence-electron chi connectivity index (χ3n) is 5.62. The molecule has 1 aliphatic heterocycles. The molecule has 6 heteroatoms. The van der Waals surface area contributed by atoms with Gasteiger partial charge in [0.2, 0.25) is 10.0 Å². The molecule has 0 spiro atoms. The van der Waals surface area contributed by atoms with E-state index in [1.165, 1.54) is 11.1 Å². The molecule has 4 rings (SSSR count). The Balaban J connectivity index is 1.49. The van der Waals surface area contributed by atoms with Crippen LogP contribution in [0.2, 0.25) is 5.02 Å². The van der Waals surface area contributed by atoms with Gasteiger partial charge in [0.1, 0.15) is 0 Å². The molecular formula is C24H25ClN2O2S. The average Bonchev–Trinajstić information content (AvgIpc) is 2.76. The van der Waals surface area contributed by atoms with Gasteiger partial charge < -0.3 is 0 Å². The summed E-state index contributed by atoms with van der Waals surface area (Å²) >= 11 is 5.94. The molecule has 1 saturated heterocycles. The van der Waals surface area contributed by atoms with Crippen molar-refractivity contribution in [2.45, 2.75) is 43.0 Å². The molecule has 0 aliphatic carbocycles. The summed E-state index contributed by atoms with van der Waals surface area (Å²) in [6, 6.07) is 18.9. The normalized spacial score (nSPS) is 17.7. The van der Waals surface area contributed by atoms with Crippen molar-refractivity contribution in [2.75, 3.05) is 6.54 Å². The smallest absolute Gasteiger partial charge is 0.243 e. The van der Waals surface area contributed by atoms with Gasteiger partial charge in [-0.25, -0.2) is 8.42 Å². The number of piperidine rings is 1. The molecule has 30 heavy (non-hydrogen) atoms. The summed E-state index contributed by atoms with van der Waals surface area (Å²) in [7, 11) is -3.53. The molecular weight excluding hydrogens is 416 g/mol. The predicted octanol–water partition coefficient (Wildman–Crippen LogP) is 5.11. The van der Waals surface area contributed by atoms with E-state index in [1.807, 2.05) is 12.3 Å². The molecule has 0 radical (unpaired) electrons. The molecule has 0 amide bonds. The van der Waals surface area contributed by atoms with Crippen LogP contribution in [0.3, 0.4) is 0 Å². The Labute approximate surface area is 183 Å². The summed E-state index contributed by atoms with van der Waals surface area (Å²) in [5.74, 6) is 0. The van der Waals surface area contributed by atoms with Crippen molar-refractivity contribution in [3.05, 3.63) is 94.8 Å². The fourth-order valence-corrected chi connectivity index (χ4v) is 5.86. The number of nitrogens with zero attached hydrogens (tertiary/aromatic N) is 2. The van der Waals surface area contributed by atoms with E-state index in [-0.39, 0.29) is 6.04 Å². The van der Waals surface area contributed by atoms with Crippen LogP contribution in [0, 0.1) is 0 Å². The first-order valence-electron chi connectivity index (χ1n) is 10.3. The molecule has 4 nitrogen and oxygen atoms in total. The van der Waals surface area contributed by atoms with Gasteiger partial charge in [0.05, 0.1) is 4.90 Å². The quantitative estimate of drug-likeness (QED) is 0.535. The molecule has 1 aromatic heterocycles. The summed E-state index contributed by atoms with van der Waals surface area (Å²) in [6.07, 6.45) is 8.05. The van der Waals surface area contributed by atoms with Crippen molar-refractivity contribution in [2.24, 2.45) is 0 Å². The van der Waals surface area contributed by atoms with E-state index in [0.717, 1.165) is 37.7 Å². The fourth-order valence-electron chi connectivity index (χ4n) is 4.04. The molecule has 2 heterocycles. The van der Waals surface area contributed by atoms with Crippen LogP contribution in [0.15, 0.2) is 78.0 Å². The molecule has 2 aromatic carbocycles. The molecule has 1 fully saturated rings. The molecule has 156 valence electrons. The largest absolute Gasteiger partial charge is 0.264 e. The highest BCUT2D eigenvalue weighted by atomic mass is 35.5. The van der Waals surface area contributed by atoms with Gasteiger partial charge in [-0.05, 0) is 72.7 Å². The second-order valence-corrected chi connectivity index (χ2v) is 10.1. The minimum atomic E-state index is -3.53. The number of aromatic nitrogens is 1. The zero-order valence-corrected chi connectivity index (χ0v) is 18.3. The zero-order chi connectivity index (χ0) is 21.0. The zero-order valence-electron chi connectivity index (χ0n) is 16.7. The first-order chi connectivity index (χ1) is 14.5. The first-order valence-corrected chi connectivity index (χ1v) is 12.1. The van der Waals surface area contributed by atoms with E-state index in [2.05, 4.69) is 35.3 Å². The molecule has 1 unspecified atom stereocenters. The molecule has 1 atom stereocenters. The SMILES string of the molecule is O=S(=O)(c1ccc(Cl)cc1)N1CCCCC1Cc1ccc(Cc2cccnc2)cc1. The molecule has 1 aliphatic rings. The summed E-state index contributed by atoms with van der Waals surface area (Å²) in [4.78, 5) is 4.48. The molecule has 3 aromatic rings. The number of benzene rings is 2. The van der Waals surface area contributed by atoms with E-state index in [1.54, 1.807) is 34.8 Å². The predicted molar refractivity (Wildman–Crippen MR) is 120 cm³/mol. The van der Waals surface area contributed by atoms with Crippen LogP contribution in [-0.4, -0.2) is 30.3 Å². The Kier molecular flexibility index (Phi) is 6.52. The van der Waals surface area contributed by atoms with Gasteiger partial charge in [-0.3, -0.25) is 4.98 Å². The van der Waals surface area contributed by atoms with Gasteiger partial charge in [-0.15, -0.1) is 0 Å². The monoisotopic (exact) mass is 440 g/mol. The molecule has 0 bridgehead atoms. The highest BCUT2D eigenvalue weighted by Crippen LogP contribution is 2.28. The van der Waals surface area contributed by atoms with Gasteiger partial charge in [0.15, 0.2) is 0 Å². The lowest BCUT2D eigenvalue weighted by Crippen LogP contribution is -2.44. The van der Waals surface area contributed by atoms with Crippen molar-refractivity contribution >= 4 is 21.6 Å². The van der Waals surface area contributed by atoms with Gasteiger partial charge in [-0.1, -0.05) is 48.4 Å². The molecule has 0 N–H and O–H groups in total. The van der Waals surface area contributed by atoms with Gasteiger partial charge in [0, 0.05) is 30.0 Å². The van der Waals surface area contributed by atoms with Gasteiger partial charge >= 0.3 is 0 Å². The summed E-state index contributed by atoms with van der Waals surface area (Å²) < 4.78 is 28.2. The number of rotatable bonds is 6. The van der Waals surface area contributed by atoms with Gasteiger partial charge in [0.25, 0.3) is 0 Å². The lowest BCUT2D eigenvalue weighted by Gasteiger charge is -2.35. The van der Waals surface area contributed by atoms with Crippen LogP contribution >= 0.6 is 11.6 Å². The lowest BCUT2D eigenvalue weighted by molar-refractivity contribution is 0.251. The Morgan fingerprint density at radius 3 is 2.37 bits per heavy atom. The average molecular weight is 441 g/mol. The maximum absolute atomic E-state index is 13.2. The Bertz CT molecular complexity index is 1070. The van der Waals surface area contributed by atoms with Crippen molar-refractivity contribution in [1.29, 1.82) is 0 Å². The van der Waals surface area contributed by atoms with Crippen LogP contribution < -0.4 is 0 Å². The number of hydrogen-bond donors (Lipinski definition) is 0. The van der Waals surface area contributed by atoms with Crippen LogP contribution in [-0.2, 0) is 22.9 Å². The van der Waals surface area contributed by atoms with Crippen molar-refractivity contribution < 1.29 is 8.42 Å². The maximum atomic E-state index is 13.2. The number of hydrogen-bond acceptors (Lipinski definition) is 3. The molecule has 0 saturated carbocycles. The number of halogens is 1. The van der Waals surface area contributed by atoms with Crippen LogP contribution in [0.4, 0.5) is 0 Å². The Hall–Kier alpha value is -2.21. The van der Waals surface area contributed by atoms with E-state index >= 15 is 0 Å². The Morgan fingerprint density at radius 2 is 1.67 bits per heavy atom. The van der Waals surface area contributed by atoms with E-state index in [0.29, 0.717) is 16.5 Å². The standard InChI is InChI=1S/C24H25ClN2O2S/c25-22-10-12-24(13-11-22)30(28,29)27-15-2-1-5-23(27)17-20-8-6-19(7-9-20)16-21-4-3-14-26-18-21/h3-4,6-14,18,23H,1-2,5,15-17H2. The van der Waals surface area contributed by atoms with Crippen LogP contribution in [0.1, 0.15) is 36.0 Å². The number of sulfonamides is 1. The maximum Gasteiger partial charge on any atom is 0.243 e. The summed E-state index contributed by atoms with van der Waals surface area (Å²) in [5, 5.41) is 0.538. The van der Waals surface area contributed by atoms with E-state index < -0.39 is 10.0 Å². The van der Waals surface area contributed by atoms with Crippen molar-refractivity contribution in [3.8, 4) is 0 Å². The highest BCUT2D eigenvalue weighted by molar-refractivity contribution is 7.89. The third kappa shape index (κ3) is 4.91. The van der Waals surface area contributed by atoms with E-state index in [4.69, 9.17) is 11.6 Å². The third-order valence-corrected chi connectivity index (χ3v) is 7.84. The van der Waals surface area contributed by atoms with Crippen molar-refractivity contribution in [1.82, 2.24) is 9.29 Å². The summed E-state index contributed by atoms with van der Waals surface area (Å²) in [5.41, 5.74) is 3.56.